The SMILES string of the molecule is c1ccc2c(C[n+]3cccc4ccccc43)c3ccccc3cc2c1. The number of aromatic nitrogens is 1. The van der Waals surface area contributed by atoms with Crippen molar-refractivity contribution in [1.29, 1.82) is 0 Å². The quantitative estimate of drug-likeness (QED) is 0.299. The number of fused-ring (bicyclic) bond motifs is 3. The van der Waals surface area contributed by atoms with Gasteiger partial charge >= 0.3 is 0 Å². The molecular weight excluding hydrogens is 302 g/mol. The Morgan fingerprint density at radius 1 is 0.560 bits per heavy atom. The van der Waals surface area contributed by atoms with E-state index in [4.69, 9.17) is 0 Å². The fraction of sp³-hybridized carbons (Fsp3) is 0.0417. The minimum absolute atomic E-state index is 0.864. The normalized spacial score (nSPS) is 11.4. The maximum Gasteiger partial charge on any atom is 0.212 e. The first kappa shape index (κ1) is 14.2. The molecular formula is C24H18N+. The first-order valence-corrected chi connectivity index (χ1v) is 8.67. The van der Waals surface area contributed by atoms with Gasteiger partial charge in [-0.25, -0.2) is 0 Å². The second kappa shape index (κ2) is 5.71. The second-order valence-corrected chi connectivity index (χ2v) is 6.49. The first-order chi connectivity index (χ1) is 12.4. The van der Waals surface area contributed by atoms with Gasteiger partial charge in [0, 0.05) is 23.1 Å². The Morgan fingerprint density at radius 2 is 1.12 bits per heavy atom. The molecule has 118 valence electrons. The molecule has 5 rings (SSSR count). The molecule has 25 heavy (non-hydrogen) atoms. The molecule has 0 aliphatic carbocycles. The van der Waals surface area contributed by atoms with Gasteiger partial charge in [-0.1, -0.05) is 60.7 Å². The summed E-state index contributed by atoms with van der Waals surface area (Å²) in [7, 11) is 0. The molecule has 0 N–H and O–H groups in total. The van der Waals surface area contributed by atoms with Gasteiger partial charge in [0.15, 0.2) is 12.7 Å². The van der Waals surface area contributed by atoms with Gasteiger partial charge in [0.1, 0.15) is 0 Å². The van der Waals surface area contributed by atoms with Gasteiger partial charge < -0.3 is 0 Å². The molecule has 1 heterocycles. The average molecular weight is 320 g/mol. The summed E-state index contributed by atoms with van der Waals surface area (Å²) in [5.41, 5.74) is 2.65. The summed E-state index contributed by atoms with van der Waals surface area (Å²) < 4.78 is 2.35. The third-order valence-corrected chi connectivity index (χ3v) is 5.00. The number of rotatable bonds is 2. The van der Waals surface area contributed by atoms with Crippen LogP contribution in [0.15, 0.2) is 97.2 Å². The molecule has 0 atom stereocenters. The van der Waals surface area contributed by atoms with Crippen LogP contribution in [0.25, 0.3) is 32.4 Å². The van der Waals surface area contributed by atoms with Crippen LogP contribution in [0, 0.1) is 0 Å². The van der Waals surface area contributed by atoms with Crippen molar-refractivity contribution in [3.05, 3.63) is 103 Å². The van der Waals surface area contributed by atoms with Gasteiger partial charge in [-0.15, -0.1) is 0 Å². The predicted molar refractivity (Wildman–Crippen MR) is 105 cm³/mol. The van der Waals surface area contributed by atoms with Crippen LogP contribution in [-0.2, 0) is 6.54 Å². The molecule has 0 bridgehead atoms. The fourth-order valence-electron chi connectivity index (χ4n) is 3.81. The zero-order valence-electron chi connectivity index (χ0n) is 13.9. The van der Waals surface area contributed by atoms with E-state index in [9.17, 15) is 0 Å². The first-order valence-electron chi connectivity index (χ1n) is 8.67. The number of hydrogen-bond donors (Lipinski definition) is 0. The highest BCUT2D eigenvalue weighted by molar-refractivity contribution is 6.02. The Labute approximate surface area is 146 Å². The fourth-order valence-corrected chi connectivity index (χ4v) is 3.81. The lowest BCUT2D eigenvalue weighted by Gasteiger charge is -2.10. The molecule has 5 aromatic rings. The Morgan fingerprint density at radius 3 is 1.84 bits per heavy atom. The van der Waals surface area contributed by atoms with Crippen molar-refractivity contribution in [1.82, 2.24) is 0 Å². The van der Waals surface area contributed by atoms with Crippen LogP contribution in [-0.4, -0.2) is 0 Å². The summed E-state index contributed by atoms with van der Waals surface area (Å²) in [4.78, 5) is 0. The highest BCUT2D eigenvalue weighted by atomic mass is 14.9. The minimum atomic E-state index is 0.864. The van der Waals surface area contributed by atoms with Gasteiger partial charge in [0.05, 0.1) is 0 Å². The van der Waals surface area contributed by atoms with Gasteiger partial charge in [0.25, 0.3) is 0 Å². The van der Waals surface area contributed by atoms with E-state index in [-0.39, 0.29) is 0 Å². The number of benzene rings is 4. The van der Waals surface area contributed by atoms with Crippen molar-refractivity contribution in [3.63, 3.8) is 0 Å². The Bertz CT molecular complexity index is 1160. The molecule has 0 spiro atoms. The van der Waals surface area contributed by atoms with Crippen LogP contribution in [0.1, 0.15) is 5.56 Å². The van der Waals surface area contributed by atoms with Crippen LogP contribution in [0.4, 0.5) is 0 Å². The van der Waals surface area contributed by atoms with E-state index >= 15 is 0 Å². The molecule has 0 radical (unpaired) electrons. The smallest absolute Gasteiger partial charge is 0.194 e. The lowest BCUT2D eigenvalue weighted by molar-refractivity contribution is -0.662. The summed E-state index contributed by atoms with van der Waals surface area (Å²) in [6.07, 6.45) is 2.18. The molecule has 4 aromatic carbocycles. The molecule has 0 unspecified atom stereocenters. The predicted octanol–water partition coefficient (Wildman–Crippen LogP) is 5.48. The summed E-state index contributed by atoms with van der Waals surface area (Å²) in [5.74, 6) is 0. The number of pyridine rings is 1. The van der Waals surface area contributed by atoms with Gasteiger partial charge in [-0.3, -0.25) is 0 Å². The van der Waals surface area contributed by atoms with Crippen molar-refractivity contribution in [2.45, 2.75) is 6.54 Å². The van der Waals surface area contributed by atoms with Gasteiger partial charge in [-0.05, 0) is 39.7 Å². The van der Waals surface area contributed by atoms with Crippen molar-refractivity contribution in [2.75, 3.05) is 0 Å². The summed E-state index contributed by atoms with van der Waals surface area (Å²) in [6.45, 7) is 0.864. The average Bonchev–Trinajstić information content (AvgIpc) is 2.68. The summed E-state index contributed by atoms with van der Waals surface area (Å²) >= 11 is 0. The molecule has 0 aliphatic heterocycles. The monoisotopic (exact) mass is 320 g/mol. The molecule has 1 aromatic heterocycles. The zero-order valence-corrected chi connectivity index (χ0v) is 13.9. The topological polar surface area (TPSA) is 3.88 Å². The number of para-hydroxylation sites is 1. The molecule has 1 heteroatoms. The minimum Gasteiger partial charge on any atom is -0.194 e. The van der Waals surface area contributed by atoms with E-state index in [1.807, 2.05) is 0 Å². The third kappa shape index (κ3) is 2.36. The van der Waals surface area contributed by atoms with Gasteiger partial charge in [-0.2, -0.15) is 4.57 Å². The molecule has 0 saturated carbocycles. The maximum atomic E-state index is 2.35. The zero-order chi connectivity index (χ0) is 16.6. The van der Waals surface area contributed by atoms with Crippen LogP contribution in [0.3, 0.4) is 0 Å². The standard InChI is InChI=1S/C24H18N/c1-4-12-21-19(9-1)16-20-10-2-5-13-22(20)23(21)17-25-15-7-11-18-8-3-6-14-24(18)25/h1-16H,17H2/q+1. The van der Waals surface area contributed by atoms with E-state index in [1.54, 1.807) is 0 Å². The van der Waals surface area contributed by atoms with Crippen molar-refractivity contribution in [3.8, 4) is 0 Å². The second-order valence-electron chi connectivity index (χ2n) is 6.49. The van der Waals surface area contributed by atoms with Gasteiger partial charge in [0.2, 0.25) is 5.52 Å². The van der Waals surface area contributed by atoms with Crippen LogP contribution >= 0.6 is 0 Å². The number of hydrogen-bond acceptors (Lipinski definition) is 0. The van der Waals surface area contributed by atoms with Crippen LogP contribution < -0.4 is 4.57 Å². The van der Waals surface area contributed by atoms with E-state index in [0.29, 0.717) is 0 Å². The van der Waals surface area contributed by atoms with E-state index in [0.717, 1.165) is 6.54 Å². The van der Waals surface area contributed by atoms with Crippen molar-refractivity contribution < 1.29 is 4.57 Å². The lowest BCUT2D eigenvalue weighted by Crippen LogP contribution is -2.34. The Hall–Kier alpha value is -3.19. The van der Waals surface area contributed by atoms with Crippen LogP contribution in [0.2, 0.25) is 0 Å². The molecule has 1 nitrogen and oxygen atoms in total. The molecule has 0 saturated heterocycles. The highest BCUT2D eigenvalue weighted by Crippen LogP contribution is 2.28. The third-order valence-electron chi connectivity index (χ3n) is 5.00. The molecule has 0 aliphatic rings. The summed E-state index contributed by atoms with van der Waals surface area (Å²) in [5, 5.41) is 6.55. The Balaban J connectivity index is 1.81. The van der Waals surface area contributed by atoms with Crippen LogP contribution in [0.5, 0.6) is 0 Å². The van der Waals surface area contributed by atoms with E-state index < -0.39 is 0 Å². The van der Waals surface area contributed by atoms with E-state index in [1.165, 1.54) is 38.0 Å². The molecule has 0 fully saturated rings. The van der Waals surface area contributed by atoms with E-state index in [2.05, 4.69) is 102 Å². The lowest BCUT2D eigenvalue weighted by atomic mass is 9.96. The largest absolute Gasteiger partial charge is 0.212 e. The van der Waals surface area contributed by atoms with Crippen molar-refractivity contribution in [2.24, 2.45) is 0 Å². The number of nitrogens with zero attached hydrogens (tertiary/aromatic N) is 1. The molecule has 0 amide bonds. The Kier molecular flexibility index (Phi) is 3.24. The maximum absolute atomic E-state index is 2.35. The van der Waals surface area contributed by atoms with Crippen molar-refractivity contribution >= 4 is 32.4 Å². The summed E-state index contributed by atoms with van der Waals surface area (Å²) in [6, 6.07) is 32.6. The highest BCUT2D eigenvalue weighted by Gasteiger charge is 2.14.